The number of nitriles is 1. The van der Waals surface area contributed by atoms with Gasteiger partial charge in [0.05, 0.1) is 5.56 Å². The van der Waals surface area contributed by atoms with Gasteiger partial charge in [0.2, 0.25) is 0 Å². The number of nitrogens with zero attached hydrogens (tertiary/aromatic N) is 1. The summed E-state index contributed by atoms with van der Waals surface area (Å²) in [6.07, 6.45) is 5.59. The van der Waals surface area contributed by atoms with Crippen LogP contribution < -0.4 is 0 Å². The quantitative estimate of drug-likeness (QED) is 0.198. The van der Waals surface area contributed by atoms with Crippen molar-refractivity contribution in [1.29, 1.82) is 5.26 Å². The second-order valence-corrected chi connectivity index (χ2v) is 6.54. The second kappa shape index (κ2) is 5.44. The van der Waals surface area contributed by atoms with Crippen molar-refractivity contribution < 1.29 is 0 Å². The first-order chi connectivity index (χ1) is 12.8. The van der Waals surface area contributed by atoms with Gasteiger partial charge in [-0.05, 0) is 49.3 Å². The Hall–Kier alpha value is -3.63. The molecule has 0 atom stereocenters. The Balaban J connectivity index is 2.19. The molecule has 0 amide bonds. The van der Waals surface area contributed by atoms with Crippen molar-refractivity contribution >= 4 is 49.2 Å². The molecule has 0 aliphatic rings. The lowest BCUT2D eigenvalue weighted by Crippen LogP contribution is -1.92. The van der Waals surface area contributed by atoms with Crippen molar-refractivity contribution in [3.63, 3.8) is 0 Å². The van der Waals surface area contributed by atoms with Crippen LogP contribution in [0.5, 0.6) is 0 Å². The van der Waals surface area contributed by atoms with Gasteiger partial charge in [0.25, 0.3) is 0 Å². The summed E-state index contributed by atoms with van der Waals surface area (Å²) in [5, 5.41) is 19.4. The molecule has 1 nitrogen and oxygen atoms in total. The van der Waals surface area contributed by atoms with Gasteiger partial charge < -0.3 is 0 Å². The van der Waals surface area contributed by atoms with Gasteiger partial charge in [-0.2, -0.15) is 5.26 Å². The van der Waals surface area contributed by atoms with Gasteiger partial charge >= 0.3 is 0 Å². The summed E-state index contributed by atoms with van der Waals surface area (Å²) in [5.41, 5.74) is 1.66. The minimum Gasteiger partial charge on any atom is -0.192 e. The molecule has 26 heavy (non-hydrogen) atoms. The maximum Gasteiger partial charge on any atom is 0.100 e. The van der Waals surface area contributed by atoms with Crippen LogP contribution in [0.1, 0.15) is 11.1 Å². The molecule has 0 saturated heterocycles. The highest BCUT2D eigenvalue weighted by Gasteiger charge is 2.17. The van der Waals surface area contributed by atoms with Crippen molar-refractivity contribution in [2.45, 2.75) is 0 Å². The molecule has 0 radical (unpaired) electrons. The molecule has 0 N–H and O–H groups in total. The van der Waals surface area contributed by atoms with E-state index in [0.29, 0.717) is 0 Å². The number of fused-ring (bicyclic) bond motifs is 2. The number of allylic oxidation sites excluding steroid dienone is 2. The van der Waals surface area contributed by atoms with Crippen molar-refractivity contribution in [3.05, 3.63) is 90.5 Å². The normalized spacial score (nSPS) is 11.8. The lowest BCUT2D eigenvalue weighted by molar-refractivity contribution is 1.50. The molecule has 0 aromatic heterocycles. The molecule has 0 saturated carbocycles. The third-order valence-corrected chi connectivity index (χ3v) is 5.18. The van der Waals surface area contributed by atoms with Crippen molar-refractivity contribution in [3.8, 4) is 6.07 Å². The topological polar surface area (TPSA) is 23.8 Å². The summed E-state index contributed by atoms with van der Waals surface area (Å²) in [4.78, 5) is 0. The summed E-state index contributed by atoms with van der Waals surface area (Å²) < 4.78 is 0. The summed E-state index contributed by atoms with van der Waals surface area (Å²) in [6, 6.07) is 23.7. The standard InChI is InChI=1S/C25H15N/c1-2-3-7-17-14-18-10-6-12-20-19-11-4-8-16-9-5-13-21(23(16)19)25(24(18)20)22(17)15-26/h2-14H,1H2. The Morgan fingerprint density at radius 1 is 0.769 bits per heavy atom. The fourth-order valence-electron chi connectivity index (χ4n) is 4.17. The van der Waals surface area contributed by atoms with Crippen LogP contribution >= 0.6 is 0 Å². The first-order valence-electron chi connectivity index (χ1n) is 8.65. The number of hydrogen-bond donors (Lipinski definition) is 0. The second-order valence-electron chi connectivity index (χ2n) is 6.54. The molecule has 120 valence electrons. The molecule has 5 rings (SSSR count). The Kier molecular flexibility index (Phi) is 3.07. The summed E-state index contributed by atoms with van der Waals surface area (Å²) in [5.74, 6) is 0. The summed E-state index contributed by atoms with van der Waals surface area (Å²) in [7, 11) is 0. The molecular formula is C25H15N. The monoisotopic (exact) mass is 329 g/mol. The minimum absolute atomic E-state index is 0.727. The molecule has 0 unspecified atom stereocenters. The smallest absolute Gasteiger partial charge is 0.100 e. The van der Waals surface area contributed by atoms with Crippen LogP contribution in [0.25, 0.3) is 49.2 Å². The first kappa shape index (κ1) is 14.7. The number of rotatable bonds is 2. The molecule has 0 aliphatic heterocycles. The minimum atomic E-state index is 0.727. The molecule has 0 bridgehead atoms. The zero-order chi connectivity index (χ0) is 17.7. The van der Waals surface area contributed by atoms with E-state index in [9.17, 15) is 5.26 Å². The van der Waals surface area contributed by atoms with Gasteiger partial charge in [0, 0.05) is 5.39 Å². The van der Waals surface area contributed by atoms with Crippen molar-refractivity contribution in [2.75, 3.05) is 0 Å². The molecule has 0 fully saturated rings. The molecule has 0 heterocycles. The lowest BCUT2D eigenvalue weighted by Gasteiger charge is -2.16. The maximum atomic E-state index is 10.00. The fraction of sp³-hybridized carbons (Fsp3) is 0. The van der Waals surface area contributed by atoms with Crippen LogP contribution in [0.15, 0.2) is 79.4 Å². The predicted octanol–water partition coefficient (Wildman–Crippen LogP) is 6.81. The van der Waals surface area contributed by atoms with Gasteiger partial charge in [-0.15, -0.1) is 0 Å². The maximum absolute atomic E-state index is 10.00. The van der Waals surface area contributed by atoms with Gasteiger partial charge in [0.15, 0.2) is 0 Å². The molecule has 5 aromatic rings. The lowest BCUT2D eigenvalue weighted by atomic mass is 9.86. The highest BCUT2D eigenvalue weighted by molar-refractivity contribution is 6.34. The van der Waals surface area contributed by atoms with Gasteiger partial charge in [-0.3, -0.25) is 0 Å². The molecule has 5 aromatic carbocycles. The van der Waals surface area contributed by atoms with E-state index in [4.69, 9.17) is 0 Å². The Morgan fingerprint density at radius 3 is 2.12 bits per heavy atom. The SMILES string of the molecule is C=CC=Cc1cc2cccc3c4cccc5cccc(c(c1C#N)c23)c54. The van der Waals surface area contributed by atoms with E-state index >= 15 is 0 Å². The van der Waals surface area contributed by atoms with E-state index in [1.54, 1.807) is 6.08 Å². The van der Waals surface area contributed by atoms with E-state index in [-0.39, 0.29) is 0 Å². The summed E-state index contributed by atoms with van der Waals surface area (Å²) in [6.45, 7) is 3.75. The first-order valence-corrected chi connectivity index (χ1v) is 8.65. The average molecular weight is 329 g/mol. The van der Waals surface area contributed by atoms with Gasteiger partial charge in [0.1, 0.15) is 6.07 Å². The van der Waals surface area contributed by atoms with E-state index in [0.717, 1.165) is 27.3 Å². The van der Waals surface area contributed by atoms with Crippen molar-refractivity contribution in [1.82, 2.24) is 0 Å². The van der Waals surface area contributed by atoms with Crippen LogP contribution in [0.4, 0.5) is 0 Å². The highest BCUT2D eigenvalue weighted by atomic mass is 14.3. The Labute approximate surface area is 151 Å². The van der Waals surface area contributed by atoms with E-state index in [1.807, 2.05) is 12.2 Å². The van der Waals surface area contributed by atoms with E-state index < -0.39 is 0 Å². The average Bonchev–Trinajstić information content (AvgIpc) is 2.69. The Bertz CT molecular complexity index is 1390. The third kappa shape index (κ3) is 1.84. The van der Waals surface area contributed by atoms with Crippen LogP contribution in [0.2, 0.25) is 0 Å². The van der Waals surface area contributed by atoms with Crippen molar-refractivity contribution in [2.24, 2.45) is 0 Å². The zero-order valence-corrected chi connectivity index (χ0v) is 14.2. The molecule has 1 heteroatoms. The Morgan fingerprint density at radius 2 is 1.42 bits per heavy atom. The van der Waals surface area contributed by atoms with Crippen LogP contribution in [0.3, 0.4) is 0 Å². The van der Waals surface area contributed by atoms with E-state index in [2.05, 4.69) is 73.3 Å². The molecular weight excluding hydrogens is 314 g/mol. The third-order valence-electron chi connectivity index (χ3n) is 5.18. The van der Waals surface area contributed by atoms with Crippen LogP contribution in [-0.2, 0) is 0 Å². The van der Waals surface area contributed by atoms with Gasteiger partial charge in [-0.1, -0.05) is 79.4 Å². The van der Waals surface area contributed by atoms with Crippen LogP contribution in [-0.4, -0.2) is 0 Å². The summed E-state index contributed by atoms with van der Waals surface area (Å²) >= 11 is 0. The highest BCUT2D eigenvalue weighted by Crippen LogP contribution is 2.42. The predicted molar refractivity (Wildman–Crippen MR) is 112 cm³/mol. The fourth-order valence-corrected chi connectivity index (χ4v) is 4.17. The molecule has 0 spiro atoms. The number of benzene rings is 5. The van der Waals surface area contributed by atoms with E-state index in [1.165, 1.54) is 26.9 Å². The zero-order valence-electron chi connectivity index (χ0n) is 14.2. The largest absolute Gasteiger partial charge is 0.192 e. The molecule has 0 aliphatic carbocycles. The van der Waals surface area contributed by atoms with Crippen LogP contribution in [0, 0.1) is 11.3 Å². The van der Waals surface area contributed by atoms with Gasteiger partial charge in [-0.25, -0.2) is 0 Å². The number of hydrogen-bond acceptors (Lipinski definition) is 1.